The summed E-state index contributed by atoms with van der Waals surface area (Å²) in [6.45, 7) is 4.32. The summed E-state index contributed by atoms with van der Waals surface area (Å²) in [5, 5.41) is 0. The van der Waals surface area contributed by atoms with E-state index in [9.17, 15) is 4.79 Å². The van der Waals surface area contributed by atoms with Crippen molar-refractivity contribution in [3.8, 4) is 5.75 Å². The van der Waals surface area contributed by atoms with E-state index in [1.807, 2.05) is 30.0 Å². The minimum atomic E-state index is 0.124. The van der Waals surface area contributed by atoms with E-state index < -0.39 is 0 Å². The molecule has 1 aromatic carbocycles. The van der Waals surface area contributed by atoms with Crippen molar-refractivity contribution < 1.29 is 9.53 Å². The van der Waals surface area contributed by atoms with E-state index in [0.29, 0.717) is 6.61 Å². The lowest BCUT2D eigenvalue weighted by Gasteiger charge is -2.26. The number of carbonyl (C=O) groups excluding carboxylic acids is 1. The molecule has 98 valence electrons. The third-order valence-electron chi connectivity index (χ3n) is 3.12. The van der Waals surface area contributed by atoms with Crippen LogP contribution in [0.2, 0.25) is 0 Å². The normalized spacial score (nSPS) is 15.6. The molecule has 0 bridgehead atoms. The van der Waals surface area contributed by atoms with Gasteiger partial charge in [-0.1, -0.05) is 0 Å². The van der Waals surface area contributed by atoms with Crippen LogP contribution in [0.25, 0.3) is 0 Å². The molecular formula is C14H18BrNO2. The number of piperidine rings is 1. The minimum absolute atomic E-state index is 0.124. The van der Waals surface area contributed by atoms with Crippen LogP contribution in [0.5, 0.6) is 5.75 Å². The van der Waals surface area contributed by atoms with Crippen molar-refractivity contribution in [2.45, 2.75) is 26.2 Å². The number of rotatable bonds is 3. The molecule has 3 nitrogen and oxygen atoms in total. The largest absolute Gasteiger partial charge is 0.493 e. The molecule has 0 atom stereocenters. The smallest absolute Gasteiger partial charge is 0.253 e. The second-order valence-electron chi connectivity index (χ2n) is 4.43. The monoisotopic (exact) mass is 311 g/mol. The SMILES string of the molecule is CCOc1ccc(C(=O)N2CCCCC2)cc1Br. The Bertz CT molecular complexity index is 428. The van der Waals surface area contributed by atoms with Crippen molar-refractivity contribution in [3.05, 3.63) is 28.2 Å². The van der Waals surface area contributed by atoms with Crippen LogP contribution in [0.3, 0.4) is 0 Å². The minimum Gasteiger partial charge on any atom is -0.493 e. The second kappa shape index (κ2) is 6.23. The van der Waals surface area contributed by atoms with Crippen LogP contribution < -0.4 is 4.74 Å². The van der Waals surface area contributed by atoms with Gasteiger partial charge in [-0.2, -0.15) is 0 Å². The van der Waals surface area contributed by atoms with E-state index in [2.05, 4.69) is 15.9 Å². The van der Waals surface area contributed by atoms with Crippen molar-refractivity contribution in [1.29, 1.82) is 0 Å². The molecule has 0 unspecified atom stereocenters. The van der Waals surface area contributed by atoms with Gasteiger partial charge in [0.1, 0.15) is 5.75 Å². The summed E-state index contributed by atoms with van der Waals surface area (Å²) in [5.41, 5.74) is 0.729. The lowest BCUT2D eigenvalue weighted by atomic mass is 10.1. The first-order valence-corrected chi connectivity index (χ1v) is 7.23. The molecule has 1 heterocycles. The van der Waals surface area contributed by atoms with Gasteiger partial charge in [0.2, 0.25) is 0 Å². The molecule has 18 heavy (non-hydrogen) atoms. The predicted octanol–water partition coefficient (Wildman–Crippen LogP) is 3.47. The van der Waals surface area contributed by atoms with Crippen LogP contribution >= 0.6 is 15.9 Å². The standard InChI is InChI=1S/C14H18BrNO2/c1-2-18-13-7-6-11(10-12(13)15)14(17)16-8-4-3-5-9-16/h6-7,10H,2-5,8-9H2,1H3. The summed E-state index contributed by atoms with van der Waals surface area (Å²) >= 11 is 3.44. The van der Waals surface area contributed by atoms with Gasteiger partial charge in [-0.3, -0.25) is 4.79 Å². The summed E-state index contributed by atoms with van der Waals surface area (Å²) in [4.78, 5) is 14.2. The Balaban J connectivity index is 2.12. The van der Waals surface area contributed by atoms with E-state index in [0.717, 1.165) is 41.7 Å². The predicted molar refractivity (Wildman–Crippen MR) is 75.1 cm³/mol. The Labute approximate surface area is 116 Å². The van der Waals surface area contributed by atoms with E-state index >= 15 is 0 Å². The van der Waals surface area contributed by atoms with Gasteiger partial charge >= 0.3 is 0 Å². The highest BCUT2D eigenvalue weighted by Crippen LogP contribution is 2.27. The summed E-state index contributed by atoms with van der Waals surface area (Å²) in [5.74, 6) is 0.908. The highest BCUT2D eigenvalue weighted by atomic mass is 79.9. The van der Waals surface area contributed by atoms with Crippen molar-refractivity contribution in [3.63, 3.8) is 0 Å². The summed E-state index contributed by atoms with van der Waals surface area (Å²) < 4.78 is 6.29. The third kappa shape index (κ3) is 3.05. The number of hydrogen-bond acceptors (Lipinski definition) is 2. The molecule has 0 saturated carbocycles. The van der Waals surface area contributed by atoms with Gasteiger partial charge in [0.05, 0.1) is 11.1 Å². The van der Waals surface area contributed by atoms with Crippen LogP contribution in [-0.4, -0.2) is 30.5 Å². The molecular weight excluding hydrogens is 294 g/mol. The third-order valence-corrected chi connectivity index (χ3v) is 3.74. The average Bonchev–Trinajstić information content (AvgIpc) is 2.41. The maximum atomic E-state index is 12.3. The second-order valence-corrected chi connectivity index (χ2v) is 5.29. The van der Waals surface area contributed by atoms with Gasteiger partial charge in [-0.25, -0.2) is 0 Å². The molecule has 0 spiro atoms. The fourth-order valence-corrected chi connectivity index (χ4v) is 2.68. The Morgan fingerprint density at radius 1 is 1.33 bits per heavy atom. The Morgan fingerprint density at radius 3 is 2.67 bits per heavy atom. The first kappa shape index (κ1) is 13.4. The fourth-order valence-electron chi connectivity index (χ4n) is 2.19. The number of amides is 1. The highest BCUT2D eigenvalue weighted by Gasteiger charge is 2.18. The van der Waals surface area contributed by atoms with E-state index in [1.54, 1.807) is 0 Å². The zero-order chi connectivity index (χ0) is 13.0. The topological polar surface area (TPSA) is 29.5 Å². The van der Waals surface area contributed by atoms with E-state index in [-0.39, 0.29) is 5.91 Å². The lowest BCUT2D eigenvalue weighted by molar-refractivity contribution is 0.0724. The number of carbonyl (C=O) groups is 1. The number of benzene rings is 1. The number of halogens is 1. The Hall–Kier alpha value is -1.03. The molecule has 0 N–H and O–H groups in total. The van der Waals surface area contributed by atoms with Crippen LogP contribution in [0.15, 0.2) is 22.7 Å². The molecule has 1 aromatic rings. The summed E-state index contributed by atoms with van der Waals surface area (Å²) in [6.07, 6.45) is 3.46. The molecule has 1 saturated heterocycles. The maximum Gasteiger partial charge on any atom is 0.253 e. The van der Waals surface area contributed by atoms with Crippen molar-refractivity contribution in [2.75, 3.05) is 19.7 Å². The van der Waals surface area contributed by atoms with Crippen molar-refractivity contribution >= 4 is 21.8 Å². The molecule has 0 aromatic heterocycles. The van der Waals surface area contributed by atoms with E-state index in [1.165, 1.54) is 6.42 Å². The van der Waals surface area contributed by atoms with Crippen LogP contribution in [0.4, 0.5) is 0 Å². The number of hydrogen-bond donors (Lipinski definition) is 0. The molecule has 1 fully saturated rings. The lowest BCUT2D eigenvalue weighted by Crippen LogP contribution is -2.35. The van der Waals surface area contributed by atoms with Gasteiger partial charge in [0.15, 0.2) is 0 Å². The summed E-state index contributed by atoms with van der Waals surface area (Å²) in [6, 6.07) is 5.54. The maximum absolute atomic E-state index is 12.3. The van der Waals surface area contributed by atoms with Crippen LogP contribution in [-0.2, 0) is 0 Å². The van der Waals surface area contributed by atoms with Crippen LogP contribution in [0.1, 0.15) is 36.5 Å². The highest BCUT2D eigenvalue weighted by molar-refractivity contribution is 9.10. The van der Waals surface area contributed by atoms with Crippen molar-refractivity contribution in [2.24, 2.45) is 0 Å². The molecule has 1 aliphatic rings. The fraction of sp³-hybridized carbons (Fsp3) is 0.500. The van der Waals surface area contributed by atoms with Gasteiger partial charge in [-0.05, 0) is 60.3 Å². The van der Waals surface area contributed by atoms with Gasteiger partial charge in [-0.15, -0.1) is 0 Å². The van der Waals surface area contributed by atoms with Gasteiger partial charge < -0.3 is 9.64 Å². The van der Waals surface area contributed by atoms with E-state index in [4.69, 9.17) is 4.74 Å². The Morgan fingerprint density at radius 2 is 2.06 bits per heavy atom. The first-order chi connectivity index (χ1) is 8.72. The first-order valence-electron chi connectivity index (χ1n) is 6.44. The van der Waals surface area contributed by atoms with Gasteiger partial charge in [0, 0.05) is 18.7 Å². The average molecular weight is 312 g/mol. The van der Waals surface area contributed by atoms with Gasteiger partial charge in [0.25, 0.3) is 5.91 Å². The quantitative estimate of drug-likeness (QED) is 0.855. The summed E-state index contributed by atoms with van der Waals surface area (Å²) in [7, 11) is 0. The van der Waals surface area contributed by atoms with Crippen LogP contribution in [0, 0.1) is 0 Å². The Kier molecular flexibility index (Phi) is 4.64. The van der Waals surface area contributed by atoms with Crippen molar-refractivity contribution in [1.82, 2.24) is 4.90 Å². The molecule has 1 amide bonds. The number of ether oxygens (including phenoxy) is 1. The molecule has 2 rings (SSSR count). The molecule has 1 aliphatic heterocycles. The molecule has 4 heteroatoms. The zero-order valence-corrected chi connectivity index (χ0v) is 12.2. The number of nitrogens with zero attached hydrogens (tertiary/aromatic N) is 1. The molecule has 0 radical (unpaired) electrons. The molecule has 0 aliphatic carbocycles. The zero-order valence-electron chi connectivity index (χ0n) is 10.6. The number of likely N-dealkylation sites (tertiary alicyclic amines) is 1.